The normalized spacial score (nSPS) is 17.4. The summed E-state index contributed by atoms with van der Waals surface area (Å²) in [5.41, 5.74) is 19.5. The highest BCUT2D eigenvalue weighted by Gasteiger charge is 2.51. The topological polar surface area (TPSA) is 25.8 Å². The Hall–Kier alpha value is -6.55. The van der Waals surface area contributed by atoms with Crippen LogP contribution in [0.2, 0.25) is 0 Å². The molecule has 7 aromatic carbocycles. The summed E-state index contributed by atoms with van der Waals surface area (Å²) in [6, 6.07) is 64.1. The largest absolute Gasteiger partial charge is 0.228 e. The maximum Gasteiger partial charge on any atom is 0.160 e. The standard InChI is InChI=1S/C53H34N2S/c1-3-13-33(14-4-1)48-32-49(55-52(54-48)34-15-5-2-6-16-34)37-25-28-51-43(30-37)42-29-35(24-27-50(42)56-51)36-23-26-41-40-19-9-12-22-46(40)53(47(41)31-36)44-20-10-7-17-38(44)39-18-8-11-21-45(39)53/h1-32,42,50H. The number of allylic oxidation sites excluding steroid dienone is 3. The second-order valence-corrected chi connectivity index (χ2v) is 16.4. The summed E-state index contributed by atoms with van der Waals surface area (Å²) in [5, 5.41) is 0.354. The van der Waals surface area contributed by atoms with Gasteiger partial charge in [-0.3, -0.25) is 0 Å². The number of fused-ring (bicyclic) bond motifs is 13. The number of hydrogen-bond donors (Lipinski definition) is 0. The fourth-order valence-corrected chi connectivity index (χ4v) is 11.1. The van der Waals surface area contributed by atoms with E-state index in [0.717, 1.165) is 33.9 Å². The monoisotopic (exact) mass is 730 g/mol. The fourth-order valence-electron chi connectivity index (χ4n) is 9.80. The van der Waals surface area contributed by atoms with Crippen LogP contribution in [-0.4, -0.2) is 15.2 Å². The van der Waals surface area contributed by atoms with Gasteiger partial charge in [0, 0.05) is 32.8 Å². The van der Waals surface area contributed by atoms with Gasteiger partial charge in [0.2, 0.25) is 0 Å². The van der Waals surface area contributed by atoms with Crippen LogP contribution in [0, 0.1) is 0 Å². The lowest BCUT2D eigenvalue weighted by Crippen LogP contribution is -2.26. The van der Waals surface area contributed by atoms with E-state index in [1.165, 1.54) is 66.1 Å². The lowest BCUT2D eigenvalue weighted by atomic mass is 9.70. The van der Waals surface area contributed by atoms with Crippen molar-refractivity contribution in [3.63, 3.8) is 0 Å². The van der Waals surface area contributed by atoms with Crippen molar-refractivity contribution in [1.82, 2.24) is 9.97 Å². The molecule has 3 aliphatic carbocycles. The Morgan fingerprint density at radius 1 is 0.446 bits per heavy atom. The molecule has 1 aromatic heterocycles. The van der Waals surface area contributed by atoms with Gasteiger partial charge in [-0.1, -0.05) is 170 Å². The van der Waals surface area contributed by atoms with Gasteiger partial charge in [-0.15, -0.1) is 11.8 Å². The van der Waals surface area contributed by atoms with E-state index >= 15 is 0 Å². The molecule has 12 rings (SSSR count). The van der Waals surface area contributed by atoms with Crippen molar-refractivity contribution in [2.75, 3.05) is 0 Å². The first kappa shape index (κ1) is 31.8. The molecular weight excluding hydrogens is 697 g/mol. The number of hydrogen-bond acceptors (Lipinski definition) is 3. The summed E-state index contributed by atoms with van der Waals surface area (Å²) in [4.78, 5) is 11.5. The lowest BCUT2D eigenvalue weighted by molar-refractivity contribution is 0.793. The molecule has 1 spiro atoms. The summed E-state index contributed by atoms with van der Waals surface area (Å²) in [7, 11) is 0. The zero-order chi connectivity index (χ0) is 36.8. The Labute approximate surface area is 331 Å². The average molecular weight is 731 g/mol. The molecule has 2 nitrogen and oxygen atoms in total. The molecule has 8 aromatic rings. The first-order valence-corrected chi connectivity index (χ1v) is 20.3. The van der Waals surface area contributed by atoms with Crippen LogP contribution in [0.4, 0.5) is 0 Å². The number of benzene rings is 7. The van der Waals surface area contributed by atoms with Crippen LogP contribution in [-0.2, 0) is 5.41 Å². The summed E-state index contributed by atoms with van der Waals surface area (Å²) < 4.78 is 0. The van der Waals surface area contributed by atoms with Crippen molar-refractivity contribution in [3.05, 3.63) is 228 Å². The Kier molecular flexibility index (Phi) is 6.94. The molecule has 0 bridgehead atoms. The minimum Gasteiger partial charge on any atom is -0.228 e. The third kappa shape index (κ3) is 4.58. The molecule has 0 saturated carbocycles. The van der Waals surface area contributed by atoms with Gasteiger partial charge in [0.05, 0.1) is 16.8 Å². The van der Waals surface area contributed by atoms with E-state index in [9.17, 15) is 0 Å². The molecule has 3 heteroatoms. The smallest absolute Gasteiger partial charge is 0.160 e. The van der Waals surface area contributed by atoms with Crippen molar-refractivity contribution in [1.29, 1.82) is 0 Å². The first-order chi connectivity index (χ1) is 27.7. The Morgan fingerprint density at radius 3 is 1.66 bits per heavy atom. The zero-order valence-electron chi connectivity index (χ0n) is 30.4. The van der Waals surface area contributed by atoms with E-state index < -0.39 is 0 Å². The predicted molar refractivity (Wildman–Crippen MR) is 231 cm³/mol. The highest BCUT2D eigenvalue weighted by atomic mass is 32.2. The van der Waals surface area contributed by atoms with E-state index in [0.29, 0.717) is 5.25 Å². The van der Waals surface area contributed by atoms with Gasteiger partial charge < -0.3 is 0 Å². The third-order valence-electron chi connectivity index (χ3n) is 12.3. The summed E-state index contributed by atoms with van der Waals surface area (Å²) >= 11 is 1.97. The van der Waals surface area contributed by atoms with Gasteiger partial charge in [-0.2, -0.15) is 0 Å². The second kappa shape index (κ2) is 12.2. The van der Waals surface area contributed by atoms with Gasteiger partial charge >= 0.3 is 0 Å². The van der Waals surface area contributed by atoms with E-state index in [-0.39, 0.29) is 11.3 Å². The minimum atomic E-state index is -0.351. The van der Waals surface area contributed by atoms with Crippen LogP contribution in [0.15, 0.2) is 199 Å². The Balaban J connectivity index is 0.972. The summed E-state index contributed by atoms with van der Waals surface area (Å²) in [5.74, 6) is 0.993. The lowest BCUT2D eigenvalue weighted by Gasteiger charge is -2.31. The van der Waals surface area contributed by atoms with Crippen LogP contribution in [0.3, 0.4) is 0 Å². The number of thioether (sulfide) groups is 1. The molecular formula is C53H34N2S. The molecule has 2 atom stereocenters. The van der Waals surface area contributed by atoms with Crippen molar-refractivity contribution in [3.8, 4) is 56.2 Å². The van der Waals surface area contributed by atoms with Crippen LogP contribution in [0.25, 0.3) is 61.7 Å². The number of nitrogens with zero attached hydrogens (tertiary/aromatic N) is 2. The molecule has 2 unspecified atom stereocenters. The molecule has 0 N–H and O–H groups in total. The SMILES string of the molecule is C1=CC2Sc3ccc(-c4cc(-c5ccccc5)nc(-c5ccccc5)n4)cc3C2C=C1c1ccc2c(c1)C1(c3ccccc3-c3ccccc31)c1ccccc1-2. The molecule has 0 radical (unpaired) electrons. The van der Waals surface area contributed by atoms with Crippen LogP contribution >= 0.6 is 11.8 Å². The van der Waals surface area contributed by atoms with Crippen LogP contribution < -0.4 is 0 Å². The molecule has 56 heavy (non-hydrogen) atoms. The van der Waals surface area contributed by atoms with Crippen LogP contribution in [0.1, 0.15) is 39.3 Å². The third-order valence-corrected chi connectivity index (χ3v) is 13.6. The average Bonchev–Trinajstić information content (AvgIpc) is 3.90. The van der Waals surface area contributed by atoms with Crippen molar-refractivity contribution >= 4 is 17.3 Å². The van der Waals surface area contributed by atoms with Crippen molar-refractivity contribution < 1.29 is 0 Å². The molecule has 262 valence electrons. The van der Waals surface area contributed by atoms with Gasteiger partial charge in [0.1, 0.15) is 0 Å². The number of aromatic nitrogens is 2. The highest BCUT2D eigenvalue weighted by molar-refractivity contribution is 8.00. The molecule has 0 saturated heterocycles. The number of rotatable bonds is 4. The fraction of sp³-hybridized carbons (Fsp3) is 0.0566. The van der Waals surface area contributed by atoms with E-state index in [1.54, 1.807) is 0 Å². The maximum absolute atomic E-state index is 5.16. The van der Waals surface area contributed by atoms with Crippen LogP contribution in [0.5, 0.6) is 0 Å². The molecule has 0 amide bonds. The minimum absolute atomic E-state index is 0.256. The van der Waals surface area contributed by atoms with Gasteiger partial charge in [0.15, 0.2) is 5.82 Å². The quantitative estimate of drug-likeness (QED) is 0.180. The highest BCUT2D eigenvalue weighted by Crippen LogP contribution is 2.63. The Bertz CT molecular complexity index is 2840. The molecule has 4 aliphatic rings. The van der Waals surface area contributed by atoms with E-state index in [1.807, 2.05) is 36.0 Å². The summed E-state index contributed by atoms with van der Waals surface area (Å²) in [6.07, 6.45) is 7.30. The maximum atomic E-state index is 5.16. The van der Waals surface area contributed by atoms with Gasteiger partial charge in [-0.05, 0) is 85.5 Å². The molecule has 1 aliphatic heterocycles. The van der Waals surface area contributed by atoms with E-state index in [2.05, 4.69) is 170 Å². The molecule has 0 fully saturated rings. The first-order valence-electron chi connectivity index (χ1n) is 19.4. The van der Waals surface area contributed by atoms with Gasteiger partial charge in [-0.25, -0.2) is 9.97 Å². The Morgan fingerprint density at radius 2 is 1.00 bits per heavy atom. The van der Waals surface area contributed by atoms with Crippen molar-refractivity contribution in [2.24, 2.45) is 0 Å². The summed E-state index contributed by atoms with van der Waals surface area (Å²) in [6.45, 7) is 0. The van der Waals surface area contributed by atoms with E-state index in [4.69, 9.17) is 9.97 Å². The zero-order valence-corrected chi connectivity index (χ0v) is 31.2. The predicted octanol–water partition coefficient (Wildman–Crippen LogP) is 13.0. The molecule has 2 heterocycles. The van der Waals surface area contributed by atoms with Crippen molar-refractivity contribution in [2.45, 2.75) is 21.5 Å². The van der Waals surface area contributed by atoms with Gasteiger partial charge in [0.25, 0.3) is 0 Å². The second-order valence-electron chi connectivity index (χ2n) is 15.2.